The van der Waals surface area contributed by atoms with Crippen molar-refractivity contribution in [1.29, 1.82) is 0 Å². The molecule has 0 spiro atoms. The third-order valence-electron chi connectivity index (χ3n) is 3.10. The molecular weight excluding hydrogens is 307 g/mol. The number of carbonyl (C=O) groups is 1. The number of halogens is 2. The van der Waals surface area contributed by atoms with E-state index in [1.165, 1.54) is 12.1 Å². The average Bonchev–Trinajstić information content (AvgIpc) is 2.46. The Hall–Kier alpha value is -1.71. The van der Waals surface area contributed by atoms with Gasteiger partial charge in [0.25, 0.3) is 5.91 Å². The molecule has 0 atom stereocenters. The van der Waals surface area contributed by atoms with Crippen molar-refractivity contribution in [2.75, 3.05) is 11.1 Å². The highest BCUT2D eigenvalue weighted by Gasteiger charge is 2.12. The molecule has 21 heavy (non-hydrogen) atoms. The van der Waals surface area contributed by atoms with E-state index >= 15 is 0 Å². The van der Waals surface area contributed by atoms with Gasteiger partial charge in [0, 0.05) is 11.3 Å². The maximum atomic E-state index is 12.3. The van der Waals surface area contributed by atoms with Crippen LogP contribution in [0.3, 0.4) is 0 Å². The van der Waals surface area contributed by atoms with E-state index in [0.717, 1.165) is 24.1 Å². The molecule has 0 fully saturated rings. The van der Waals surface area contributed by atoms with Gasteiger partial charge in [0.05, 0.1) is 15.7 Å². The van der Waals surface area contributed by atoms with E-state index in [2.05, 4.69) is 12.2 Å². The van der Waals surface area contributed by atoms with Gasteiger partial charge in [0.15, 0.2) is 0 Å². The first kappa shape index (κ1) is 15.7. The average molecular weight is 323 g/mol. The quantitative estimate of drug-likeness (QED) is 0.796. The van der Waals surface area contributed by atoms with Crippen molar-refractivity contribution < 1.29 is 4.79 Å². The number of benzene rings is 2. The molecule has 0 aliphatic rings. The van der Waals surface area contributed by atoms with Gasteiger partial charge in [-0.1, -0.05) is 54.7 Å². The number of rotatable bonds is 4. The Kier molecular flexibility index (Phi) is 5.10. The number of anilines is 2. The van der Waals surface area contributed by atoms with Crippen LogP contribution in [0.15, 0.2) is 36.4 Å². The highest BCUT2D eigenvalue weighted by atomic mass is 35.5. The summed E-state index contributed by atoms with van der Waals surface area (Å²) in [7, 11) is 0. The summed E-state index contributed by atoms with van der Waals surface area (Å²) in [6.07, 6.45) is 1.91. The van der Waals surface area contributed by atoms with Crippen molar-refractivity contribution in [1.82, 2.24) is 0 Å². The molecule has 3 N–H and O–H groups in total. The van der Waals surface area contributed by atoms with Crippen LogP contribution in [-0.4, -0.2) is 5.91 Å². The molecule has 0 aliphatic heterocycles. The van der Waals surface area contributed by atoms with Gasteiger partial charge in [-0.25, -0.2) is 0 Å². The Morgan fingerprint density at radius 3 is 2.62 bits per heavy atom. The molecule has 0 bridgehead atoms. The second-order valence-electron chi connectivity index (χ2n) is 4.72. The Balaban J connectivity index is 2.26. The first-order valence-electron chi connectivity index (χ1n) is 6.66. The number of nitrogens with two attached hydrogens (primary N) is 1. The summed E-state index contributed by atoms with van der Waals surface area (Å²) in [6, 6.07) is 10.8. The summed E-state index contributed by atoms with van der Waals surface area (Å²) < 4.78 is 0. The topological polar surface area (TPSA) is 55.1 Å². The van der Waals surface area contributed by atoms with E-state index in [0.29, 0.717) is 5.56 Å². The molecule has 2 rings (SSSR count). The molecule has 3 nitrogen and oxygen atoms in total. The first-order valence-corrected chi connectivity index (χ1v) is 7.42. The zero-order valence-corrected chi connectivity index (χ0v) is 13.1. The lowest BCUT2D eigenvalue weighted by Crippen LogP contribution is -2.13. The summed E-state index contributed by atoms with van der Waals surface area (Å²) in [5, 5.41) is 3.42. The van der Waals surface area contributed by atoms with Crippen LogP contribution in [-0.2, 0) is 6.42 Å². The van der Waals surface area contributed by atoms with Crippen LogP contribution in [0.5, 0.6) is 0 Å². The highest BCUT2D eigenvalue weighted by molar-refractivity contribution is 6.44. The normalized spacial score (nSPS) is 10.4. The number of nitrogens with one attached hydrogen (secondary N) is 1. The second kappa shape index (κ2) is 6.83. The van der Waals surface area contributed by atoms with Crippen LogP contribution in [0.25, 0.3) is 0 Å². The third kappa shape index (κ3) is 3.69. The van der Waals surface area contributed by atoms with E-state index in [9.17, 15) is 4.79 Å². The molecule has 0 aliphatic carbocycles. The minimum Gasteiger partial charge on any atom is -0.397 e. The molecule has 1 amide bonds. The van der Waals surface area contributed by atoms with Crippen LogP contribution in [0, 0.1) is 0 Å². The van der Waals surface area contributed by atoms with Crippen molar-refractivity contribution in [2.24, 2.45) is 0 Å². The standard InChI is InChI=1S/C16H16Cl2N2O/c1-2-5-10-6-3-4-7-14(10)20-16(21)11-8-12(17)15(18)13(19)9-11/h3-4,6-9H,2,5,19H2,1H3,(H,20,21). The maximum absolute atomic E-state index is 12.3. The maximum Gasteiger partial charge on any atom is 0.255 e. The van der Waals surface area contributed by atoms with Gasteiger partial charge >= 0.3 is 0 Å². The Morgan fingerprint density at radius 1 is 1.24 bits per heavy atom. The van der Waals surface area contributed by atoms with E-state index in [1.807, 2.05) is 24.3 Å². The predicted octanol–water partition coefficient (Wildman–Crippen LogP) is 4.78. The van der Waals surface area contributed by atoms with E-state index in [4.69, 9.17) is 28.9 Å². The number of carbonyl (C=O) groups excluding carboxylic acids is 1. The predicted molar refractivity (Wildman–Crippen MR) is 89.3 cm³/mol. The minimum absolute atomic E-state index is 0.260. The largest absolute Gasteiger partial charge is 0.397 e. The monoisotopic (exact) mass is 322 g/mol. The number of hydrogen-bond donors (Lipinski definition) is 2. The zero-order chi connectivity index (χ0) is 15.4. The number of amides is 1. The van der Waals surface area contributed by atoms with E-state index in [1.54, 1.807) is 0 Å². The van der Waals surface area contributed by atoms with Gasteiger partial charge in [0.2, 0.25) is 0 Å². The van der Waals surface area contributed by atoms with Crippen LogP contribution >= 0.6 is 23.2 Å². The second-order valence-corrected chi connectivity index (χ2v) is 5.51. The minimum atomic E-state index is -0.260. The molecule has 5 heteroatoms. The van der Waals surface area contributed by atoms with Crippen molar-refractivity contribution in [2.45, 2.75) is 19.8 Å². The Labute approximate surface area is 134 Å². The Bertz CT molecular complexity index is 648. The lowest BCUT2D eigenvalue weighted by molar-refractivity contribution is 0.102. The smallest absolute Gasteiger partial charge is 0.255 e. The lowest BCUT2D eigenvalue weighted by Gasteiger charge is -2.11. The molecule has 2 aromatic carbocycles. The molecule has 0 saturated heterocycles. The van der Waals surface area contributed by atoms with Crippen LogP contribution < -0.4 is 11.1 Å². The summed E-state index contributed by atoms with van der Waals surface area (Å²) in [6.45, 7) is 2.10. The van der Waals surface area contributed by atoms with E-state index in [-0.39, 0.29) is 21.6 Å². The fourth-order valence-corrected chi connectivity index (χ4v) is 2.40. The summed E-state index contributed by atoms with van der Waals surface area (Å²) in [5.74, 6) is -0.260. The van der Waals surface area contributed by atoms with Gasteiger partial charge in [-0.15, -0.1) is 0 Å². The van der Waals surface area contributed by atoms with E-state index < -0.39 is 0 Å². The number of hydrogen-bond acceptors (Lipinski definition) is 2. The fourth-order valence-electron chi connectivity index (χ4n) is 2.07. The van der Waals surface area contributed by atoms with Crippen molar-refractivity contribution >= 4 is 40.5 Å². The van der Waals surface area contributed by atoms with Gasteiger partial charge < -0.3 is 11.1 Å². The van der Waals surface area contributed by atoms with Crippen molar-refractivity contribution in [3.63, 3.8) is 0 Å². The summed E-state index contributed by atoms with van der Waals surface area (Å²) in [5.41, 5.74) is 8.30. The van der Waals surface area contributed by atoms with Gasteiger partial charge in [-0.3, -0.25) is 4.79 Å². The Morgan fingerprint density at radius 2 is 1.95 bits per heavy atom. The molecule has 0 heterocycles. The molecular formula is C16H16Cl2N2O. The van der Waals surface area contributed by atoms with Crippen molar-refractivity contribution in [3.8, 4) is 0 Å². The number of para-hydroxylation sites is 1. The van der Waals surface area contributed by atoms with Gasteiger partial charge in [-0.2, -0.15) is 0 Å². The third-order valence-corrected chi connectivity index (χ3v) is 3.92. The summed E-state index contributed by atoms with van der Waals surface area (Å²) in [4.78, 5) is 12.3. The van der Waals surface area contributed by atoms with Gasteiger partial charge in [0.1, 0.15) is 0 Å². The number of aryl methyl sites for hydroxylation is 1. The summed E-state index contributed by atoms with van der Waals surface area (Å²) >= 11 is 11.8. The highest BCUT2D eigenvalue weighted by Crippen LogP contribution is 2.30. The molecule has 2 aromatic rings. The zero-order valence-electron chi connectivity index (χ0n) is 11.6. The molecule has 0 unspecified atom stereocenters. The molecule has 0 aromatic heterocycles. The molecule has 110 valence electrons. The fraction of sp³-hybridized carbons (Fsp3) is 0.188. The van der Waals surface area contributed by atoms with Gasteiger partial charge in [-0.05, 0) is 30.2 Å². The van der Waals surface area contributed by atoms with Crippen LogP contribution in [0.1, 0.15) is 29.3 Å². The number of nitrogen functional groups attached to an aromatic ring is 1. The lowest BCUT2D eigenvalue weighted by atomic mass is 10.1. The first-order chi connectivity index (χ1) is 10.0. The molecule has 0 saturated carbocycles. The van der Waals surface area contributed by atoms with Crippen molar-refractivity contribution in [3.05, 3.63) is 57.6 Å². The SMILES string of the molecule is CCCc1ccccc1NC(=O)c1cc(N)c(Cl)c(Cl)c1. The van der Waals surface area contributed by atoms with Crippen LogP contribution in [0.4, 0.5) is 11.4 Å². The molecule has 0 radical (unpaired) electrons. The van der Waals surface area contributed by atoms with Crippen LogP contribution in [0.2, 0.25) is 10.0 Å².